The third kappa shape index (κ3) is 4.70. The first-order chi connectivity index (χ1) is 7.89. The predicted molar refractivity (Wildman–Crippen MR) is 55.0 cm³/mol. The van der Waals surface area contributed by atoms with Crippen LogP contribution in [0.1, 0.15) is 12.0 Å². The Kier molecular flexibility index (Phi) is 4.30. The number of hydrogen-bond acceptors (Lipinski definition) is 2. The highest BCUT2D eigenvalue weighted by Gasteiger charge is 2.39. The van der Waals surface area contributed by atoms with Crippen LogP contribution in [0.5, 0.6) is 0 Å². The molecule has 1 atom stereocenters. The van der Waals surface area contributed by atoms with Crippen molar-refractivity contribution in [1.29, 1.82) is 0 Å². The fraction of sp³-hybridized carbons (Fsp3) is 0.250. The van der Waals surface area contributed by atoms with Crippen LogP contribution in [0, 0.1) is 11.8 Å². The van der Waals surface area contributed by atoms with Crippen LogP contribution in [0.4, 0.5) is 13.2 Å². The highest BCUT2D eigenvalue weighted by atomic mass is 19.4. The van der Waals surface area contributed by atoms with Gasteiger partial charge in [-0.15, -0.1) is 0 Å². The number of hydrogen-bond donors (Lipinski definition) is 1. The maximum absolute atomic E-state index is 11.9. The van der Waals surface area contributed by atoms with Crippen molar-refractivity contribution >= 4 is 5.78 Å². The molecular weight excluding hydrogens is 233 g/mol. The van der Waals surface area contributed by atoms with Crippen molar-refractivity contribution < 1.29 is 23.1 Å². The van der Waals surface area contributed by atoms with E-state index in [4.69, 9.17) is 5.11 Å². The maximum Gasteiger partial charge on any atom is 0.414 e. The average molecular weight is 242 g/mol. The third-order valence-electron chi connectivity index (χ3n) is 1.88. The predicted octanol–water partition coefficient (Wildman–Crippen LogP) is 1.92. The van der Waals surface area contributed by atoms with Crippen LogP contribution in [-0.4, -0.2) is 23.2 Å². The van der Waals surface area contributed by atoms with E-state index < -0.39 is 24.5 Å². The van der Waals surface area contributed by atoms with E-state index in [-0.39, 0.29) is 0 Å². The van der Waals surface area contributed by atoms with Gasteiger partial charge in [-0.05, 0) is 18.1 Å². The summed E-state index contributed by atoms with van der Waals surface area (Å²) in [5.41, 5.74) is 0.530. The Morgan fingerprint density at radius 2 is 1.88 bits per heavy atom. The van der Waals surface area contributed by atoms with Gasteiger partial charge in [0.1, 0.15) is 0 Å². The number of alkyl halides is 3. The first-order valence-electron chi connectivity index (χ1n) is 4.74. The molecule has 0 saturated carbocycles. The summed E-state index contributed by atoms with van der Waals surface area (Å²) in [6.45, 7) is 0. The van der Waals surface area contributed by atoms with E-state index in [9.17, 15) is 18.0 Å². The highest BCUT2D eigenvalue weighted by molar-refractivity contribution is 5.96. The zero-order valence-electron chi connectivity index (χ0n) is 8.66. The smallest absolute Gasteiger partial charge is 0.383 e. The Bertz CT molecular complexity index is 440. The lowest BCUT2D eigenvalue weighted by Gasteiger charge is -2.11. The van der Waals surface area contributed by atoms with Gasteiger partial charge in [-0.1, -0.05) is 24.1 Å². The molecular formula is C12H9F3O2. The van der Waals surface area contributed by atoms with Crippen molar-refractivity contribution in [2.24, 2.45) is 0 Å². The Morgan fingerprint density at radius 3 is 2.41 bits per heavy atom. The normalized spacial score (nSPS) is 12.5. The van der Waals surface area contributed by atoms with Gasteiger partial charge in [0.15, 0.2) is 6.10 Å². The fourth-order valence-electron chi connectivity index (χ4n) is 1.01. The van der Waals surface area contributed by atoms with Crippen molar-refractivity contribution in [3.8, 4) is 11.8 Å². The Labute approximate surface area is 96.1 Å². The zero-order valence-corrected chi connectivity index (χ0v) is 8.66. The molecule has 1 aromatic carbocycles. The minimum Gasteiger partial charge on any atom is -0.383 e. The number of carbonyl (C=O) groups is 1. The lowest BCUT2D eigenvalue weighted by molar-refractivity contribution is -0.204. The lowest BCUT2D eigenvalue weighted by atomic mass is 10.1. The summed E-state index contributed by atoms with van der Waals surface area (Å²) in [4.78, 5) is 11.0. The van der Waals surface area contributed by atoms with Crippen LogP contribution >= 0.6 is 0 Å². The lowest BCUT2D eigenvalue weighted by Crippen LogP contribution is -2.30. The Balaban J connectivity index is 2.60. The number of Topliss-reactive ketones (excluding diaryl/α,β-unsaturated/α-hetero) is 1. The van der Waals surface area contributed by atoms with Gasteiger partial charge in [-0.3, -0.25) is 4.79 Å². The molecule has 1 aromatic rings. The summed E-state index contributed by atoms with van der Waals surface area (Å²) >= 11 is 0. The minimum absolute atomic E-state index is 0.530. The second-order valence-electron chi connectivity index (χ2n) is 3.30. The molecule has 0 bridgehead atoms. The summed E-state index contributed by atoms with van der Waals surface area (Å²) in [5.74, 6) is 3.53. The Hall–Kier alpha value is -1.80. The third-order valence-corrected chi connectivity index (χ3v) is 1.88. The molecule has 1 N–H and O–H groups in total. The zero-order chi connectivity index (χ0) is 12.9. The number of ketones is 1. The van der Waals surface area contributed by atoms with Gasteiger partial charge in [0.2, 0.25) is 5.78 Å². The van der Waals surface area contributed by atoms with E-state index >= 15 is 0 Å². The van der Waals surface area contributed by atoms with Crippen LogP contribution in [0.3, 0.4) is 0 Å². The quantitative estimate of drug-likeness (QED) is 0.804. The molecule has 17 heavy (non-hydrogen) atoms. The van der Waals surface area contributed by atoms with Gasteiger partial charge in [-0.25, -0.2) is 0 Å². The van der Waals surface area contributed by atoms with Gasteiger partial charge in [0, 0.05) is 5.56 Å². The van der Waals surface area contributed by atoms with Crippen LogP contribution in [0.2, 0.25) is 0 Å². The molecule has 0 spiro atoms. The minimum atomic E-state index is -4.79. The monoisotopic (exact) mass is 242 g/mol. The Morgan fingerprint density at radius 1 is 1.29 bits per heavy atom. The van der Waals surface area contributed by atoms with E-state index in [1.165, 1.54) is 0 Å². The molecule has 90 valence electrons. The molecule has 0 fully saturated rings. The number of carbonyl (C=O) groups excluding carboxylic acids is 1. The number of aliphatic hydroxyl groups excluding tert-OH is 1. The van der Waals surface area contributed by atoms with Gasteiger partial charge in [-0.2, -0.15) is 13.2 Å². The van der Waals surface area contributed by atoms with Crippen molar-refractivity contribution in [3.63, 3.8) is 0 Å². The van der Waals surface area contributed by atoms with Gasteiger partial charge < -0.3 is 5.11 Å². The van der Waals surface area contributed by atoms with Crippen LogP contribution in [-0.2, 0) is 4.79 Å². The number of rotatable bonds is 2. The van der Waals surface area contributed by atoms with Crippen molar-refractivity contribution in [2.45, 2.75) is 18.7 Å². The molecule has 0 radical (unpaired) electrons. The molecule has 0 aliphatic carbocycles. The molecule has 1 unspecified atom stereocenters. The summed E-state index contributed by atoms with van der Waals surface area (Å²) in [6.07, 6.45) is -8.48. The molecule has 2 nitrogen and oxygen atoms in total. The molecule has 5 heteroatoms. The topological polar surface area (TPSA) is 37.3 Å². The van der Waals surface area contributed by atoms with Crippen LogP contribution in [0.25, 0.3) is 0 Å². The number of aliphatic hydroxyl groups is 1. The summed E-state index contributed by atoms with van der Waals surface area (Å²) in [6, 6.07) is 8.39. The van der Waals surface area contributed by atoms with Crippen molar-refractivity contribution in [1.82, 2.24) is 0 Å². The molecule has 0 aliphatic heterocycles. The highest BCUT2D eigenvalue weighted by Crippen LogP contribution is 2.22. The molecule has 0 saturated heterocycles. The maximum atomic E-state index is 11.9. The largest absolute Gasteiger partial charge is 0.414 e. The second-order valence-corrected chi connectivity index (χ2v) is 3.30. The molecule has 0 amide bonds. The van der Waals surface area contributed by atoms with Crippen LogP contribution in [0.15, 0.2) is 30.3 Å². The van der Waals surface area contributed by atoms with Crippen molar-refractivity contribution in [3.05, 3.63) is 35.9 Å². The van der Waals surface area contributed by atoms with Gasteiger partial charge >= 0.3 is 6.18 Å². The molecule has 0 heterocycles. The molecule has 0 aliphatic rings. The van der Waals surface area contributed by atoms with E-state index in [1.807, 2.05) is 0 Å². The van der Waals surface area contributed by atoms with Gasteiger partial charge in [0.05, 0.1) is 6.42 Å². The number of halogens is 3. The van der Waals surface area contributed by atoms with E-state index in [1.54, 1.807) is 30.3 Å². The van der Waals surface area contributed by atoms with Crippen molar-refractivity contribution in [2.75, 3.05) is 0 Å². The van der Waals surface area contributed by atoms with Gasteiger partial charge in [0.25, 0.3) is 0 Å². The summed E-state index contributed by atoms with van der Waals surface area (Å²) < 4.78 is 35.8. The summed E-state index contributed by atoms with van der Waals surface area (Å²) in [7, 11) is 0. The SMILES string of the molecule is O=C(C#Cc1ccccc1)CC(O)C(F)(F)F. The summed E-state index contributed by atoms with van der Waals surface area (Å²) in [5, 5.41) is 8.64. The fourth-order valence-corrected chi connectivity index (χ4v) is 1.01. The second kappa shape index (κ2) is 5.51. The standard InChI is InChI=1S/C12H9F3O2/c13-12(14,15)11(17)8-10(16)7-6-9-4-2-1-3-5-9/h1-5,11,17H,8H2. The first-order valence-corrected chi connectivity index (χ1v) is 4.74. The van der Waals surface area contributed by atoms with E-state index in [0.29, 0.717) is 5.56 Å². The molecule has 1 rings (SSSR count). The van der Waals surface area contributed by atoms with E-state index in [2.05, 4.69) is 11.8 Å². The van der Waals surface area contributed by atoms with Crippen LogP contribution < -0.4 is 0 Å². The molecule has 0 aromatic heterocycles. The van der Waals surface area contributed by atoms with E-state index in [0.717, 1.165) is 0 Å². The number of benzene rings is 1. The first kappa shape index (κ1) is 13.3. The average Bonchev–Trinajstić information content (AvgIpc) is 2.26.